The van der Waals surface area contributed by atoms with Crippen LogP contribution in [0.3, 0.4) is 0 Å². The van der Waals surface area contributed by atoms with E-state index in [1.54, 1.807) is 0 Å². The topological polar surface area (TPSA) is 108 Å². The Hall–Kier alpha value is -1.79. The highest BCUT2D eigenvalue weighted by Crippen LogP contribution is 2.28. The number of urea groups is 1. The molecule has 0 radical (unpaired) electrons. The van der Waals surface area contributed by atoms with Crippen LogP contribution in [-0.2, 0) is 9.59 Å². The number of hydrogen-bond acceptors (Lipinski definition) is 3. The molecule has 4 N–H and O–H groups in total. The molecular weight excluding hydrogens is 238 g/mol. The second-order valence-corrected chi connectivity index (χ2v) is 4.75. The Morgan fingerprint density at radius 2 is 1.72 bits per heavy atom. The van der Waals surface area contributed by atoms with E-state index in [1.165, 1.54) is 0 Å². The van der Waals surface area contributed by atoms with Gasteiger partial charge >= 0.3 is 12.0 Å². The predicted octanol–water partition coefficient (Wildman–Crippen LogP) is -0.181. The van der Waals surface area contributed by atoms with E-state index in [0.29, 0.717) is 0 Å². The number of rotatable bonds is 5. The fourth-order valence-electron chi connectivity index (χ4n) is 2.00. The summed E-state index contributed by atoms with van der Waals surface area (Å²) in [5, 5.41) is 15.7. The van der Waals surface area contributed by atoms with Crippen molar-refractivity contribution in [1.82, 2.24) is 16.0 Å². The van der Waals surface area contributed by atoms with E-state index in [2.05, 4.69) is 16.0 Å². The van der Waals surface area contributed by atoms with Crippen molar-refractivity contribution < 1.29 is 19.5 Å². The first-order valence-electron chi connectivity index (χ1n) is 5.96. The summed E-state index contributed by atoms with van der Waals surface area (Å²) in [6.45, 7) is 1.30. The zero-order valence-corrected chi connectivity index (χ0v) is 10.4. The monoisotopic (exact) mass is 257 g/mol. The molecule has 7 heteroatoms. The Morgan fingerprint density at radius 1 is 1.11 bits per heavy atom. The van der Waals surface area contributed by atoms with Gasteiger partial charge in [-0.2, -0.15) is 0 Å². The Kier molecular flexibility index (Phi) is 4.94. The van der Waals surface area contributed by atoms with Crippen LogP contribution in [0.2, 0.25) is 0 Å². The number of carbonyl (C=O) groups is 3. The van der Waals surface area contributed by atoms with Crippen LogP contribution in [0.1, 0.15) is 32.6 Å². The van der Waals surface area contributed by atoms with Gasteiger partial charge in [0.1, 0.15) is 6.54 Å². The second kappa shape index (κ2) is 6.23. The van der Waals surface area contributed by atoms with Crippen molar-refractivity contribution in [3.05, 3.63) is 0 Å². The van der Waals surface area contributed by atoms with Crippen molar-refractivity contribution in [1.29, 1.82) is 0 Å². The van der Waals surface area contributed by atoms with Gasteiger partial charge in [0.2, 0.25) is 5.91 Å². The molecule has 102 valence electrons. The molecule has 0 spiro atoms. The summed E-state index contributed by atoms with van der Waals surface area (Å²) in [6, 6.07) is -0.398. The van der Waals surface area contributed by atoms with Crippen molar-refractivity contribution in [2.24, 2.45) is 0 Å². The Morgan fingerprint density at radius 3 is 2.28 bits per heavy atom. The summed E-state index contributed by atoms with van der Waals surface area (Å²) in [7, 11) is 0. The predicted molar refractivity (Wildman–Crippen MR) is 64.1 cm³/mol. The third kappa shape index (κ3) is 5.03. The molecule has 0 aliphatic heterocycles. The lowest BCUT2D eigenvalue weighted by molar-refractivity contribution is -0.137. The Bertz CT molecular complexity index is 337. The summed E-state index contributed by atoms with van der Waals surface area (Å²) < 4.78 is 0. The molecule has 1 aliphatic rings. The molecule has 7 nitrogen and oxygen atoms in total. The molecule has 0 heterocycles. The Balaban J connectivity index is 2.20. The van der Waals surface area contributed by atoms with E-state index in [-0.39, 0.29) is 12.1 Å². The van der Waals surface area contributed by atoms with Gasteiger partial charge in [-0.05, 0) is 19.8 Å². The molecule has 0 aromatic rings. The van der Waals surface area contributed by atoms with Gasteiger partial charge in [-0.25, -0.2) is 4.79 Å². The average molecular weight is 257 g/mol. The SMILES string of the molecule is CC1(NC(=O)NCC(=O)NCC(=O)O)CCCC1. The lowest BCUT2D eigenvalue weighted by Crippen LogP contribution is -2.50. The maximum Gasteiger partial charge on any atom is 0.322 e. The van der Waals surface area contributed by atoms with Crippen LogP contribution in [-0.4, -0.2) is 41.6 Å². The van der Waals surface area contributed by atoms with Crippen molar-refractivity contribution in [3.63, 3.8) is 0 Å². The van der Waals surface area contributed by atoms with Crippen LogP contribution in [0.25, 0.3) is 0 Å². The molecule has 1 saturated carbocycles. The van der Waals surface area contributed by atoms with Crippen LogP contribution >= 0.6 is 0 Å². The van der Waals surface area contributed by atoms with Crippen molar-refractivity contribution in [2.45, 2.75) is 38.1 Å². The van der Waals surface area contributed by atoms with E-state index < -0.39 is 24.5 Å². The number of carbonyl (C=O) groups excluding carboxylic acids is 2. The molecule has 1 aliphatic carbocycles. The van der Waals surface area contributed by atoms with E-state index in [4.69, 9.17) is 5.11 Å². The molecule has 0 aromatic carbocycles. The minimum atomic E-state index is -1.12. The largest absolute Gasteiger partial charge is 0.480 e. The molecule has 3 amide bonds. The highest BCUT2D eigenvalue weighted by molar-refractivity contribution is 5.86. The van der Waals surface area contributed by atoms with E-state index in [1.807, 2.05) is 6.92 Å². The smallest absolute Gasteiger partial charge is 0.322 e. The first-order valence-corrected chi connectivity index (χ1v) is 5.96. The maximum atomic E-state index is 11.5. The fraction of sp³-hybridized carbons (Fsp3) is 0.727. The lowest BCUT2D eigenvalue weighted by atomic mass is 10.0. The van der Waals surface area contributed by atoms with Gasteiger partial charge in [-0.3, -0.25) is 9.59 Å². The number of amides is 3. The summed E-state index contributed by atoms with van der Waals surface area (Å²) in [5.41, 5.74) is -0.193. The molecule has 0 saturated heterocycles. The molecule has 18 heavy (non-hydrogen) atoms. The number of carboxylic acids is 1. The normalized spacial score (nSPS) is 16.9. The molecular formula is C11H19N3O4. The van der Waals surface area contributed by atoms with Gasteiger partial charge in [-0.1, -0.05) is 12.8 Å². The van der Waals surface area contributed by atoms with Crippen LogP contribution in [0.5, 0.6) is 0 Å². The number of nitrogens with one attached hydrogen (secondary N) is 3. The van der Waals surface area contributed by atoms with Gasteiger partial charge in [0.25, 0.3) is 0 Å². The van der Waals surface area contributed by atoms with E-state index in [9.17, 15) is 14.4 Å². The number of hydrogen-bond donors (Lipinski definition) is 4. The molecule has 0 atom stereocenters. The minimum absolute atomic E-state index is 0.193. The van der Waals surface area contributed by atoms with Crippen molar-refractivity contribution >= 4 is 17.9 Å². The zero-order valence-electron chi connectivity index (χ0n) is 10.4. The first kappa shape index (κ1) is 14.3. The maximum absolute atomic E-state index is 11.5. The van der Waals surface area contributed by atoms with Crippen LogP contribution in [0.15, 0.2) is 0 Å². The fourth-order valence-corrected chi connectivity index (χ4v) is 2.00. The average Bonchev–Trinajstić information content (AvgIpc) is 2.70. The Labute approximate surface area is 105 Å². The van der Waals surface area contributed by atoms with Gasteiger partial charge in [0, 0.05) is 5.54 Å². The standard InChI is InChI=1S/C11H19N3O4/c1-11(4-2-3-5-11)14-10(18)13-6-8(15)12-7-9(16)17/h2-7H2,1H3,(H,12,15)(H,16,17)(H2,13,14,18). The number of aliphatic carboxylic acids is 1. The summed E-state index contributed by atoms with van der Waals surface area (Å²) in [5.74, 6) is -1.64. The second-order valence-electron chi connectivity index (χ2n) is 4.75. The zero-order chi connectivity index (χ0) is 13.6. The summed E-state index contributed by atoms with van der Waals surface area (Å²) in [6.07, 6.45) is 4.06. The minimum Gasteiger partial charge on any atom is -0.480 e. The highest BCUT2D eigenvalue weighted by Gasteiger charge is 2.29. The van der Waals surface area contributed by atoms with Gasteiger partial charge in [-0.15, -0.1) is 0 Å². The van der Waals surface area contributed by atoms with Crippen molar-refractivity contribution in [3.8, 4) is 0 Å². The van der Waals surface area contributed by atoms with Gasteiger partial charge in [0.05, 0.1) is 6.54 Å². The molecule has 1 fully saturated rings. The third-order valence-corrected chi connectivity index (χ3v) is 2.97. The molecule has 0 unspecified atom stereocenters. The lowest BCUT2D eigenvalue weighted by Gasteiger charge is -2.25. The van der Waals surface area contributed by atoms with Gasteiger partial charge in [0.15, 0.2) is 0 Å². The van der Waals surface area contributed by atoms with E-state index in [0.717, 1.165) is 25.7 Å². The molecule has 0 bridgehead atoms. The van der Waals surface area contributed by atoms with Crippen molar-refractivity contribution in [2.75, 3.05) is 13.1 Å². The summed E-state index contributed by atoms with van der Waals surface area (Å²) in [4.78, 5) is 32.9. The first-order chi connectivity index (χ1) is 8.41. The number of carboxylic acid groups (broad SMARTS) is 1. The summed E-state index contributed by atoms with van der Waals surface area (Å²) >= 11 is 0. The van der Waals surface area contributed by atoms with E-state index >= 15 is 0 Å². The highest BCUT2D eigenvalue weighted by atomic mass is 16.4. The molecule has 1 rings (SSSR count). The quantitative estimate of drug-likeness (QED) is 0.548. The van der Waals surface area contributed by atoms with Crippen LogP contribution in [0.4, 0.5) is 4.79 Å². The molecule has 0 aromatic heterocycles. The van der Waals surface area contributed by atoms with Crippen LogP contribution in [0, 0.1) is 0 Å². The third-order valence-electron chi connectivity index (χ3n) is 2.97. The van der Waals surface area contributed by atoms with Crippen LogP contribution < -0.4 is 16.0 Å². The van der Waals surface area contributed by atoms with Gasteiger partial charge < -0.3 is 21.1 Å².